The molecule has 0 radical (unpaired) electrons. The van der Waals surface area contributed by atoms with Crippen molar-refractivity contribution in [2.24, 2.45) is 5.92 Å². The van der Waals surface area contributed by atoms with Crippen molar-refractivity contribution in [1.29, 1.82) is 5.26 Å². The van der Waals surface area contributed by atoms with Gasteiger partial charge in [-0.25, -0.2) is 0 Å². The average Bonchev–Trinajstić information content (AvgIpc) is 3.17. The van der Waals surface area contributed by atoms with Gasteiger partial charge >= 0.3 is 0 Å². The molecule has 142 valence electrons. The molecule has 2 heterocycles. The van der Waals surface area contributed by atoms with Crippen LogP contribution in [0.15, 0.2) is 48.5 Å². The van der Waals surface area contributed by atoms with Gasteiger partial charge in [-0.3, -0.25) is 9.59 Å². The lowest BCUT2D eigenvalue weighted by molar-refractivity contribution is -0.134. The molecule has 2 aliphatic rings. The maximum absolute atomic E-state index is 13.2. The molecule has 28 heavy (non-hydrogen) atoms. The van der Waals surface area contributed by atoms with Crippen molar-refractivity contribution >= 4 is 17.5 Å². The van der Waals surface area contributed by atoms with Crippen molar-refractivity contribution in [2.75, 3.05) is 24.5 Å². The van der Waals surface area contributed by atoms with Crippen molar-refractivity contribution in [2.45, 2.75) is 25.7 Å². The van der Waals surface area contributed by atoms with Gasteiger partial charge in [0.05, 0.1) is 24.0 Å². The monoisotopic (exact) mass is 373 g/mol. The van der Waals surface area contributed by atoms with Crippen LogP contribution >= 0.6 is 0 Å². The Kier molecular flexibility index (Phi) is 5.12. The fraction of sp³-hybridized carbons (Fsp3) is 0.348. The van der Waals surface area contributed by atoms with Crippen LogP contribution < -0.4 is 4.90 Å². The van der Waals surface area contributed by atoms with E-state index in [4.69, 9.17) is 5.26 Å². The van der Waals surface area contributed by atoms with E-state index in [2.05, 4.69) is 6.07 Å². The molecule has 0 N–H and O–H groups in total. The number of anilines is 1. The van der Waals surface area contributed by atoms with E-state index in [1.54, 1.807) is 12.1 Å². The Morgan fingerprint density at radius 1 is 1.11 bits per heavy atom. The summed E-state index contributed by atoms with van der Waals surface area (Å²) in [4.78, 5) is 29.5. The SMILES string of the molecule is N#Cc1ccc2c(c1)N(C(=O)[C@H]1CCCN(C(=O)Cc3ccccc3)C1)CC2. The largest absolute Gasteiger partial charge is 0.342 e. The van der Waals surface area contributed by atoms with Gasteiger partial charge in [0.15, 0.2) is 0 Å². The summed E-state index contributed by atoms with van der Waals surface area (Å²) in [6.45, 7) is 1.84. The van der Waals surface area contributed by atoms with E-state index in [0.717, 1.165) is 36.1 Å². The Hall–Kier alpha value is -3.13. The molecule has 0 aliphatic carbocycles. The number of fused-ring (bicyclic) bond motifs is 1. The molecule has 0 bridgehead atoms. The first-order valence-electron chi connectivity index (χ1n) is 9.82. The number of hydrogen-bond donors (Lipinski definition) is 0. The average molecular weight is 373 g/mol. The molecule has 0 spiro atoms. The molecular formula is C23H23N3O2. The quantitative estimate of drug-likeness (QED) is 0.831. The van der Waals surface area contributed by atoms with E-state index < -0.39 is 0 Å². The lowest BCUT2D eigenvalue weighted by Crippen LogP contribution is -2.47. The van der Waals surface area contributed by atoms with Crippen molar-refractivity contribution in [1.82, 2.24) is 4.90 Å². The molecule has 0 saturated carbocycles. The van der Waals surface area contributed by atoms with Gasteiger partial charge in [-0.15, -0.1) is 0 Å². The summed E-state index contributed by atoms with van der Waals surface area (Å²) in [5, 5.41) is 9.16. The van der Waals surface area contributed by atoms with Gasteiger partial charge in [0.2, 0.25) is 11.8 Å². The molecule has 2 aromatic carbocycles. The number of piperidine rings is 1. The second kappa shape index (κ2) is 7.85. The van der Waals surface area contributed by atoms with Crippen LogP contribution in [0.5, 0.6) is 0 Å². The number of amides is 2. The summed E-state index contributed by atoms with van der Waals surface area (Å²) in [5.74, 6) is -0.0199. The third-order valence-corrected chi connectivity index (χ3v) is 5.70. The first-order valence-corrected chi connectivity index (χ1v) is 9.82. The highest BCUT2D eigenvalue weighted by Crippen LogP contribution is 2.32. The first kappa shape index (κ1) is 18.2. The molecule has 5 heteroatoms. The van der Waals surface area contributed by atoms with Crippen LogP contribution in [0.25, 0.3) is 0 Å². The van der Waals surface area contributed by atoms with E-state index in [9.17, 15) is 9.59 Å². The second-order valence-electron chi connectivity index (χ2n) is 7.54. The van der Waals surface area contributed by atoms with Crippen LogP contribution in [0.1, 0.15) is 29.5 Å². The second-order valence-corrected chi connectivity index (χ2v) is 7.54. The smallest absolute Gasteiger partial charge is 0.231 e. The number of benzene rings is 2. The number of rotatable bonds is 3. The van der Waals surface area contributed by atoms with E-state index in [1.807, 2.05) is 46.2 Å². The minimum Gasteiger partial charge on any atom is -0.342 e. The van der Waals surface area contributed by atoms with Crippen LogP contribution in [0, 0.1) is 17.2 Å². The zero-order valence-corrected chi connectivity index (χ0v) is 15.8. The van der Waals surface area contributed by atoms with Crippen molar-refractivity contribution in [3.05, 3.63) is 65.2 Å². The van der Waals surface area contributed by atoms with Gasteiger partial charge in [0.1, 0.15) is 0 Å². The highest BCUT2D eigenvalue weighted by atomic mass is 16.2. The summed E-state index contributed by atoms with van der Waals surface area (Å²) in [6, 6.07) is 17.4. The molecule has 1 fully saturated rings. The number of hydrogen-bond acceptors (Lipinski definition) is 3. The van der Waals surface area contributed by atoms with E-state index in [1.165, 1.54) is 0 Å². The van der Waals surface area contributed by atoms with Gasteiger partial charge in [0.25, 0.3) is 0 Å². The molecule has 1 atom stereocenters. The normalized spacial score (nSPS) is 18.5. The predicted octanol–water partition coefficient (Wildman–Crippen LogP) is 2.93. The van der Waals surface area contributed by atoms with Crippen LogP contribution in [0.2, 0.25) is 0 Å². The van der Waals surface area contributed by atoms with Gasteiger partial charge in [-0.2, -0.15) is 5.26 Å². The molecule has 5 nitrogen and oxygen atoms in total. The van der Waals surface area contributed by atoms with Gasteiger partial charge in [-0.05, 0) is 42.5 Å². The lowest BCUT2D eigenvalue weighted by atomic mass is 9.95. The Morgan fingerprint density at radius 3 is 2.71 bits per heavy atom. The third kappa shape index (κ3) is 3.63. The lowest BCUT2D eigenvalue weighted by Gasteiger charge is -2.34. The highest BCUT2D eigenvalue weighted by molar-refractivity contribution is 5.97. The highest BCUT2D eigenvalue weighted by Gasteiger charge is 2.34. The van der Waals surface area contributed by atoms with Gasteiger partial charge < -0.3 is 9.80 Å². The maximum Gasteiger partial charge on any atom is 0.231 e. The first-order chi connectivity index (χ1) is 13.7. The Bertz CT molecular complexity index is 933. The number of carbonyl (C=O) groups excluding carboxylic acids is 2. The molecule has 0 unspecified atom stereocenters. The predicted molar refractivity (Wildman–Crippen MR) is 107 cm³/mol. The fourth-order valence-electron chi connectivity index (χ4n) is 4.19. The maximum atomic E-state index is 13.2. The minimum atomic E-state index is -0.176. The van der Waals surface area contributed by atoms with Crippen LogP contribution in [0.3, 0.4) is 0 Å². The van der Waals surface area contributed by atoms with Crippen molar-refractivity contribution < 1.29 is 9.59 Å². The van der Waals surface area contributed by atoms with E-state index in [0.29, 0.717) is 31.6 Å². The topological polar surface area (TPSA) is 64.4 Å². The standard InChI is InChI=1S/C23H23N3O2/c24-15-18-8-9-19-10-12-26(21(19)13-18)23(28)20-7-4-11-25(16-20)22(27)14-17-5-2-1-3-6-17/h1-3,5-6,8-9,13,20H,4,7,10-12,14,16H2/t20-/m0/s1. The minimum absolute atomic E-state index is 0.0750. The number of nitrogens with zero attached hydrogens (tertiary/aromatic N) is 3. The van der Waals surface area contributed by atoms with Crippen LogP contribution in [0.4, 0.5) is 5.69 Å². The van der Waals surface area contributed by atoms with Gasteiger partial charge in [-0.1, -0.05) is 36.4 Å². The van der Waals surface area contributed by atoms with E-state index >= 15 is 0 Å². The molecule has 2 aliphatic heterocycles. The summed E-state index contributed by atoms with van der Waals surface area (Å²) >= 11 is 0. The number of nitriles is 1. The zero-order chi connectivity index (χ0) is 19.5. The summed E-state index contributed by atoms with van der Waals surface area (Å²) in [7, 11) is 0. The van der Waals surface area contributed by atoms with Crippen LogP contribution in [-0.4, -0.2) is 36.3 Å². The zero-order valence-electron chi connectivity index (χ0n) is 15.8. The Morgan fingerprint density at radius 2 is 1.93 bits per heavy atom. The van der Waals surface area contributed by atoms with Crippen molar-refractivity contribution in [3.63, 3.8) is 0 Å². The number of carbonyl (C=O) groups is 2. The van der Waals surface area contributed by atoms with Crippen LogP contribution in [-0.2, 0) is 22.4 Å². The molecular weight excluding hydrogens is 350 g/mol. The summed E-state index contributed by atoms with van der Waals surface area (Å²) in [6.07, 6.45) is 2.84. The summed E-state index contributed by atoms with van der Waals surface area (Å²) in [5.41, 5.74) is 3.54. The molecule has 2 amide bonds. The Labute approximate surface area is 165 Å². The molecule has 2 aromatic rings. The molecule has 4 rings (SSSR count). The Balaban J connectivity index is 1.45. The summed E-state index contributed by atoms with van der Waals surface area (Å²) < 4.78 is 0. The molecule has 0 aromatic heterocycles. The van der Waals surface area contributed by atoms with Crippen molar-refractivity contribution in [3.8, 4) is 6.07 Å². The molecule has 1 saturated heterocycles. The third-order valence-electron chi connectivity index (χ3n) is 5.70. The van der Waals surface area contributed by atoms with E-state index in [-0.39, 0.29) is 17.7 Å². The fourth-order valence-corrected chi connectivity index (χ4v) is 4.19. The number of likely N-dealkylation sites (tertiary alicyclic amines) is 1. The van der Waals surface area contributed by atoms with Gasteiger partial charge in [0, 0.05) is 25.3 Å².